The Morgan fingerprint density at radius 1 is 1.41 bits per heavy atom. The number of likely N-dealkylation sites (tertiary alicyclic amines) is 1. The number of hydrogen-bond acceptors (Lipinski definition) is 3. The van der Waals surface area contributed by atoms with Gasteiger partial charge in [-0.1, -0.05) is 20.8 Å². The molecule has 1 fully saturated rings. The molecule has 0 spiro atoms. The lowest BCUT2D eigenvalue weighted by atomic mass is 9.86. The van der Waals surface area contributed by atoms with Gasteiger partial charge in [0.15, 0.2) is 0 Å². The van der Waals surface area contributed by atoms with E-state index in [1.54, 1.807) is 11.1 Å². The van der Waals surface area contributed by atoms with Gasteiger partial charge in [0.05, 0.1) is 17.7 Å². The van der Waals surface area contributed by atoms with Crippen LogP contribution in [0.3, 0.4) is 0 Å². The molecule has 1 aromatic heterocycles. The molecule has 0 unspecified atom stereocenters. The number of amides is 1. The highest BCUT2D eigenvalue weighted by Crippen LogP contribution is 2.31. The van der Waals surface area contributed by atoms with E-state index in [0.717, 1.165) is 18.7 Å². The van der Waals surface area contributed by atoms with Gasteiger partial charge in [-0.2, -0.15) is 5.10 Å². The summed E-state index contributed by atoms with van der Waals surface area (Å²) in [7, 11) is 0. The Balaban J connectivity index is 2.18. The normalized spacial score (nSPS) is 21.6. The molecule has 0 saturated carbocycles. The lowest BCUT2D eigenvalue weighted by Crippen LogP contribution is -2.30. The maximum absolute atomic E-state index is 12.7. The highest BCUT2D eigenvalue weighted by atomic mass is 16.4. The smallest absolute Gasteiger partial charge is 0.308 e. The van der Waals surface area contributed by atoms with Crippen molar-refractivity contribution in [2.24, 2.45) is 17.8 Å². The molecule has 0 radical (unpaired) electrons. The van der Waals surface area contributed by atoms with Crippen LogP contribution in [0.15, 0.2) is 6.20 Å². The molecule has 0 aromatic carbocycles. The number of rotatable bonds is 5. The molecule has 22 heavy (non-hydrogen) atoms. The molecule has 6 nitrogen and oxygen atoms in total. The summed E-state index contributed by atoms with van der Waals surface area (Å²) in [5, 5.41) is 13.6. The van der Waals surface area contributed by atoms with E-state index >= 15 is 0 Å². The molecular formula is C16H25N3O3. The Hall–Kier alpha value is -1.85. The summed E-state index contributed by atoms with van der Waals surface area (Å²) < 4.78 is 1.83. The Kier molecular flexibility index (Phi) is 4.88. The standard InChI is InChI=1S/C16H25N3O3/c1-5-6-19-11(4)12(7-17-19)15(20)18-8-13(10(2)3)14(9-18)16(21)22/h7,10,13-14H,5-6,8-9H2,1-4H3,(H,21,22)/t13-,14+/m0/s1. The second kappa shape index (κ2) is 6.50. The van der Waals surface area contributed by atoms with Gasteiger partial charge in [0.2, 0.25) is 0 Å². The highest BCUT2D eigenvalue weighted by Gasteiger charge is 2.41. The number of aromatic nitrogens is 2. The molecule has 0 aliphatic carbocycles. The van der Waals surface area contributed by atoms with E-state index < -0.39 is 11.9 Å². The number of aliphatic carboxylic acids is 1. The molecule has 1 N–H and O–H groups in total. The summed E-state index contributed by atoms with van der Waals surface area (Å²) in [6, 6.07) is 0. The van der Waals surface area contributed by atoms with E-state index in [1.165, 1.54) is 0 Å². The third-order valence-electron chi connectivity index (χ3n) is 4.59. The summed E-state index contributed by atoms with van der Waals surface area (Å²) in [6.45, 7) is 9.55. The Bertz CT molecular complexity index is 565. The van der Waals surface area contributed by atoms with E-state index in [9.17, 15) is 14.7 Å². The Morgan fingerprint density at radius 2 is 2.09 bits per heavy atom. The van der Waals surface area contributed by atoms with Crippen LogP contribution in [0.4, 0.5) is 0 Å². The van der Waals surface area contributed by atoms with E-state index in [4.69, 9.17) is 0 Å². The van der Waals surface area contributed by atoms with Crippen LogP contribution in [0, 0.1) is 24.7 Å². The Labute approximate surface area is 131 Å². The molecule has 1 aliphatic rings. The van der Waals surface area contributed by atoms with Crippen LogP contribution in [0.2, 0.25) is 0 Å². The van der Waals surface area contributed by atoms with Gasteiger partial charge in [-0.15, -0.1) is 0 Å². The summed E-state index contributed by atoms with van der Waals surface area (Å²) >= 11 is 0. The molecule has 1 aromatic rings. The van der Waals surface area contributed by atoms with Crippen LogP contribution < -0.4 is 0 Å². The SMILES string of the molecule is CCCn1ncc(C(=O)N2C[C@@H](C(=O)O)[C@H](C(C)C)C2)c1C. The maximum atomic E-state index is 12.7. The average molecular weight is 307 g/mol. The first kappa shape index (κ1) is 16.5. The monoisotopic (exact) mass is 307 g/mol. The second-order valence-corrected chi connectivity index (χ2v) is 6.43. The van der Waals surface area contributed by atoms with Gasteiger partial charge >= 0.3 is 5.97 Å². The van der Waals surface area contributed by atoms with Gasteiger partial charge in [0, 0.05) is 25.3 Å². The largest absolute Gasteiger partial charge is 0.481 e. The van der Waals surface area contributed by atoms with Gasteiger partial charge in [-0.05, 0) is 25.2 Å². The maximum Gasteiger partial charge on any atom is 0.308 e. The van der Waals surface area contributed by atoms with E-state index in [1.807, 2.05) is 25.5 Å². The molecule has 2 rings (SSSR count). The van der Waals surface area contributed by atoms with Crippen LogP contribution in [0.5, 0.6) is 0 Å². The Morgan fingerprint density at radius 3 is 2.59 bits per heavy atom. The van der Waals surface area contributed by atoms with Crippen LogP contribution >= 0.6 is 0 Å². The molecule has 0 bridgehead atoms. The average Bonchev–Trinajstić information content (AvgIpc) is 3.04. The fourth-order valence-electron chi connectivity index (χ4n) is 3.20. The lowest BCUT2D eigenvalue weighted by molar-refractivity contribution is -0.142. The zero-order valence-electron chi connectivity index (χ0n) is 13.7. The first-order valence-electron chi connectivity index (χ1n) is 7.91. The van der Waals surface area contributed by atoms with Crippen molar-refractivity contribution >= 4 is 11.9 Å². The predicted molar refractivity (Wildman–Crippen MR) is 82.6 cm³/mol. The van der Waals surface area contributed by atoms with Gasteiger partial charge in [-0.25, -0.2) is 0 Å². The van der Waals surface area contributed by atoms with Crippen molar-refractivity contribution in [2.45, 2.75) is 40.7 Å². The molecule has 122 valence electrons. The molecule has 2 atom stereocenters. The summed E-state index contributed by atoms with van der Waals surface area (Å²) in [4.78, 5) is 25.8. The number of carbonyl (C=O) groups is 2. The van der Waals surface area contributed by atoms with Gasteiger partial charge in [-0.3, -0.25) is 14.3 Å². The number of hydrogen-bond donors (Lipinski definition) is 1. The lowest BCUT2D eigenvalue weighted by Gasteiger charge is -2.18. The molecular weight excluding hydrogens is 282 g/mol. The number of carbonyl (C=O) groups excluding carboxylic acids is 1. The summed E-state index contributed by atoms with van der Waals surface area (Å²) in [5.74, 6) is -1.15. The third kappa shape index (κ3) is 3.00. The van der Waals surface area contributed by atoms with Gasteiger partial charge < -0.3 is 10.0 Å². The van der Waals surface area contributed by atoms with Crippen LogP contribution in [0.25, 0.3) is 0 Å². The quantitative estimate of drug-likeness (QED) is 0.903. The van der Waals surface area contributed by atoms with Crippen molar-refractivity contribution in [1.29, 1.82) is 0 Å². The van der Waals surface area contributed by atoms with E-state index in [2.05, 4.69) is 12.0 Å². The number of carboxylic acids is 1. The van der Waals surface area contributed by atoms with Gasteiger partial charge in [0.1, 0.15) is 0 Å². The topological polar surface area (TPSA) is 75.4 Å². The minimum Gasteiger partial charge on any atom is -0.481 e. The number of nitrogens with zero attached hydrogens (tertiary/aromatic N) is 3. The van der Waals surface area contributed by atoms with Crippen molar-refractivity contribution in [1.82, 2.24) is 14.7 Å². The van der Waals surface area contributed by atoms with Crippen molar-refractivity contribution in [3.05, 3.63) is 17.5 Å². The minimum absolute atomic E-state index is 0.00689. The summed E-state index contributed by atoms with van der Waals surface area (Å²) in [6.07, 6.45) is 2.56. The van der Waals surface area contributed by atoms with Crippen LogP contribution in [-0.2, 0) is 11.3 Å². The van der Waals surface area contributed by atoms with E-state index in [0.29, 0.717) is 12.1 Å². The molecule has 1 aliphatic heterocycles. The van der Waals surface area contributed by atoms with Crippen molar-refractivity contribution < 1.29 is 14.7 Å². The zero-order valence-corrected chi connectivity index (χ0v) is 13.7. The van der Waals surface area contributed by atoms with Crippen molar-refractivity contribution in [3.8, 4) is 0 Å². The summed E-state index contributed by atoms with van der Waals surface area (Å²) in [5.41, 5.74) is 1.44. The fourth-order valence-corrected chi connectivity index (χ4v) is 3.20. The minimum atomic E-state index is -0.813. The van der Waals surface area contributed by atoms with Crippen LogP contribution in [-0.4, -0.2) is 44.8 Å². The predicted octanol–water partition coefficient (Wildman–Crippen LogP) is 2.03. The van der Waals surface area contributed by atoms with Gasteiger partial charge in [0.25, 0.3) is 5.91 Å². The first-order chi connectivity index (χ1) is 10.4. The zero-order chi connectivity index (χ0) is 16.4. The molecule has 6 heteroatoms. The van der Waals surface area contributed by atoms with Crippen molar-refractivity contribution in [3.63, 3.8) is 0 Å². The second-order valence-electron chi connectivity index (χ2n) is 6.43. The number of carboxylic acid groups (broad SMARTS) is 1. The van der Waals surface area contributed by atoms with Crippen LogP contribution in [0.1, 0.15) is 43.2 Å². The fraction of sp³-hybridized carbons (Fsp3) is 0.688. The highest BCUT2D eigenvalue weighted by molar-refractivity contribution is 5.95. The molecule has 1 amide bonds. The van der Waals surface area contributed by atoms with Crippen molar-refractivity contribution in [2.75, 3.05) is 13.1 Å². The first-order valence-corrected chi connectivity index (χ1v) is 7.91. The molecule has 2 heterocycles. The number of aryl methyl sites for hydroxylation is 1. The van der Waals surface area contributed by atoms with E-state index in [-0.39, 0.29) is 24.3 Å². The third-order valence-corrected chi connectivity index (χ3v) is 4.59. The molecule has 1 saturated heterocycles.